The molecular weight excluding hydrogens is 564 g/mol. The fourth-order valence-electron chi connectivity index (χ4n) is 5.51. The van der Waals surface area contributed by atoms with Crippen molar-refractivity contribution in [3.8, 4) is 0 Å². The number of benzene rings is 2. The monoisotopic (exact) mass is 608 g/mol. The first-order valence-corrected chi connectivity index (χ1v) is 15.0. The number of amides is 4. The van der Waals surface area contributed by atoms with Crippen molar-refractivity contribution in [1.29, 1.82) is 0 Å². The Bertz CT molecular complexity index is 1280. The van der Waals surface area contributed by atoms with Crippen molar-refractivity contribution in [2.75, 3.05) is 0 Å². The second-order valence-electron chi connectivity index (χ2n) is 12.4. The fourth-order valence-corrected chi connectivity index (χ4v) is 5.51. The van der Waals surface area contributed by atoms with Crippen LogP contribution in [-0.2, 0) is 25.5 Å². The summed E-state index contributed by atoms with van der Waals surface area (Å²) in [6, 6.07) is 14.8. The molecule has 0 radical (unpaired) electrons. The molecule has 2 aromatic rings. The number of aliphatic hydroxyl groups excluding tert-OH is 1. The molecule has 0 aromatic heterocycles. The zero-order chi connectivity index (χ0) is 32.3. The van der Waals surface area contributed by atoms with E-state index in [1.165, 1.54) is 12.1 Å². The van der Waals surface area contributed by atoms with E-state index in [1.54, 1.807) is 18.2 Å². The number of aliphatic hydroxyl groups is 1. The van der Waals surface area contributed by atoms with Crippen molar-refractivity contribution in [2.24, 2.45) is 17.6 Å². The molecule has 0 saturated heterocycles. The second-order valence-corrected chi connectivity index (χ2v) is 12.4. The van der Waals surface area contributed by atoms with Gasteiger partial charge in [0.05, 0.1) is 24.1 Å². The van der Waals surface area contributed by atoms with Crippen LogP contribution in [0.3, 0.4) is 0 Å². The Labute approximate surface area is 258 Å². The molecule has 44 heavy (non-hydrogen) atoms. The molecule has 1 aliphatic carbocycles. The van der Waals surface area contributed by atoms with Crippen LogP contribution in [0.1, 0.15) is 75.2 Å². The lowest BCUT2D eigenvalue weighted by molar-refractivity contribution is -0.130. The number of primary amides is 1. The minimum atomic E-state index is -1.46. The summed E-state index contributed by atoms with van der Waals surface area (Å²) in [7, 11) is 0. The summed E-state index contributed by atoms with van der Waals surface area (Å²) in [6.45, 7) is 5.77. The number of carbonyl (C=O) groups is 5. The van der Waals surface area contributed by atoms with Gasteiger partial charge in [-0.1, -0.05) is 61.4 Å². The third-order valence-corrected chi connectivity index (χ3v) is 7.59. The Morgan fingerprint density at radius 3 is 2.16 bits per heavy atom. The molecule has 1 saturated carbocycles. The quantitative estimate of drug-likeness (QED) is 0.182. The largest absolute Gasteiger partial charge is 0.415 e. The molecule has 238 valence electrons. The summed E-state index contributed by atoms with van der Waals surface area (Å²) in [5.74, 6) is -3.00. The highest BCUT2D eigenvalue weighted by molar-refractivity contribution is 5.98. The molecule has 3 rings (SSSR count). The Morgan fingerprint density at radius 2 is 1.55 bits per heavy atom. The van der Waals surface area contributed by atoms with Crippen LogP contribution in [0.5, 0.6) is 0 Å². The number of hydrogen-bond acceptors (Lipinski definition) is 7. The molecule has 1 aliphatic rings. The first-order valence-electron chi connectivity index (χ1n) is 15.0. The normalized spacial score (nSPS) is 18.6. The Hall–Kier alpha value is -4.25. The molecule has 0 heterocycles. The van der Waals surface area contributed by atoms with E-state index in [9.17, 15) is 29.1 Å². The molecule has 0 spiro atoms. The SMILES string of the molecule is CC(C)(C)NC(=O)[C@@H]1CCCC[C@@H]1C[C@@H](O)[C@H](Cc1ccccc1)NC(=O)[C@H](CC(N)=O)NC(=O)OC(=O)c1ccccc1. The number of rotatable bonds is 12. The summed E-state index contributed by atoms with van der Waals surface area (Å²) in [5.41, 5.74) is 5.94. The zero-order valence-corrected chi connectivity index (χ0v) is 25.6. The van der Waals surface area contributed by atoms with E-state index in [2.05, 4.69) is 16.0 Å². The minimum absolute atomic E-state index is 0.0488. The van der Waals surface area contributed by atoms with E-state index < -0.39 is 54.0 Å². The van der Waals surface area contributed by atoms with Gasteiger partial charge in [0, 0.05) is 11.5 Å². The average Bonchev–Trinajstić information content (AvgIpc) is 2.96. The van der Waals surface area contributed by atoms with Crippen LogP contribution in [0.25, 0.3) is 0 Å². The molecule has 4 amide bonds. The first-order chi connectivity index (χ1) is 20.8. The molecule has 11 nitrogen and oxygen atoms in total. The van der Waals surface area contributed by atoms with Crippen molar-refractivity contribution in [3.05, 3.63) is 71.8 Å². The summed E-state index contributed by atoms with van der Waals surface area (Å²) in [5, 5.41) is 19.6. The minimum Gasteiger partial charge on any atom is -0.391 e. The zero-order valence-electron chi connectivity index (χ0n) is 25.6. The molecular formula is C33H44N4O7. The van der Waals surface area contributed by atoms with Gasteiger partial charge in [0.1, 0.15) is 6.04 Å². The van der Waals surface area contributed by atoms with Gasteiger partial charge in [-0.2, -0.15) is 0 Å². The molecule has 2 aromatic carbocycles. The van der Waals surface area contributed by atoms with Crippen LogP contribution in [0.4, 0.5) is 4.79 Å². The molecule has 5 atom stereocenters. The molecule has 0 aliphatic heterocycles. The third-order valence-electron chi connectivity index (χ3n) is 7.59. The number of esters is 1. The smallest absolute Gasteiger partial charge is 0.391 e. The Balaban J connectivity index is 1.75. The van der Waals surface area contributed by atoms with Gasteiger partial charge in [-0.3, -0.25) is 14.4 Å². The molecule has 0 unspecified atom stereocenters. The van der Waals surface area contributed by atoms with Crippen LogP contribution >= 0.6 is 0 Å². The standard InChI is InChI=1S/C33H44N4O7/c1-33(2,3)37-29(40)24-17-11-10-16-23(24)19-27(38)25(18-21-12-6-4-7-13-21)35-30(41)26(20-28(34)39)36-32(43)44-31(42)22-14-8-5-9-15-22/h4-9,12-15,23-27,38H,10-11,16-20H2,1-3H3,(H2,34,39)(H,35,41)(H,36,43)(H,37,40)/t23-,24-,25+,26+,27-/m1/s1. The average molecular weight is 609 g/mol. The lowest BCUT2D eigenvalue weighted by Crippen LogP contribution is -2.55. The van der Waals surface area contributed by atoms with Gasteiger partial charge in [-0.25, -0.2) is 9.59 Å². The van der Waals surface area contributed by atoms with Gasteiger partial charge >= 0.3 is 12.1 Å². The van der Waals surface area contributed by atoms with Gasteiger partial charge < -0.3 is 31.5 Å². The van der Waals surface area contributed by atoms with Crippen LogP contribution < -0.4 is 21.7 Å². The van der Waals surface area contributed by atoms with Gasteiger partial charge in [-0.05, 0) is 70.1 Å². The summed E-state index contributed by atoms with van der Waals surface area (Å²) >= 11 is 0. The Kier molecular flexibility index (Phi) is 12.5. The second kappa shape index (κ2) is 16.0. The van der Waals surface area contributed by atoms with Crippen molar-refractivity contribution in [2.45, 2.75) is 89.4 Å². The fraction of sp³-hybridized carbons (Fsp3) is 0.485. The number of ether oxygens (including phenoxy) is 1. The molecule has 11 heteroatoms. The maximum Gasteiger partial charge on any atom is 0.415 e. The van der Waals surface area contributed by atoms with Crippen molar-refractivity contribution < 1.29 is 33.8 Å². The molecule has 0 bridgehead atoms. The van der Waals surface area contributed by atoms with Crippen LogP contribution in [0.2, 0.25) is 0 Å². The predicted molar refractivity (Wildman–Crippen MR) is 164 cm³/mol. The lowest BCUT2D eigenvalue weighted by Gasteiger charge is -2.36. The number of carbonyl (C=O) groups excluding carboxylic acids is 5. The van der Waals surface area contributed by atoms with Crippen LogP contribution in [0.15, 0.2) is 60.7 Å². The third kappa shape index (κ3) is 11.1. The maximum absolute atomic E-state index is 13.4. The first kappa shape index (κ1) is 34.2. The highest BCUT2D eigenvalue weighted by atomic mass is 16.6. The van der Waals surface area contributed by atoms with E-state index in [-0.39, 0.29) is 36.1 Å². The van der Waals surface area contributed by atoms with E-state index in [0.717, 1.165) is 24.8 Å². The van der Waals surface area contributed by atoms with E-state index >= 15 is 0 Å². The van der Waals surface area contributed by atoms with Crippen LogP contribution in [-0.4, -0.2) is 58.6 Å². The number of nitrogens with two attached hydrogens (primary N) is 1. The van der Waals surface area contributed by atoms with Crippen LogP contribution in [0, 0.1) is 11.8 Å². The topological polar surface area (TPSA) is 177 Å². The molecule has 1 fully saturated rings. The predicted octanol–water partition coefficient (Wildman–Crippen LogP) is 3.00. The highest BCUT2D eigenvalue weighted by Gasteiger charge is 2.36. The number of nitrogens with one attached hydrogen (secondary N) is 3. The van der Waals surface area contributed by atoms with Gasteiger partial charge in [0.15, 0.2) is 0 Å². The van der Waals surface area contributed by atoms with E-state index in [4.69, 9.17) is 10.5 Å². The lowest BCUT2D eigenvalue weighted by atomic mass is 9.74. The highest BCUT2D eigenvalue weighted by Crippen LogP contribution is 2.34. The summed E-state index contributed by atoms with van der Waals surface area (Å²) in [6.07, 6.45) is 1.00. The van der Waals surface area contributed by atoms with E-state index in [0.29, 0.717) is 6.42 Å². The van der Waals surface area contributed by atoms with Gasteiger partial charge in [0.25, 0.3) is 0 Å². The van der Waals surface area contributed by atoms with Gasteiger partial charge in [-0.15, -0.1) is 0 Å². The van der Waals surface area contributed by atoms with Crippen molar-refractivity contribution >= 4 is 29.8 Å². The summed E-state index contributed by atoms with van der Waals surface area (Å²) < 4.78 is 4.81. The Morgan fingerprint density at radius 1 is 0.932 bits per heavy atom. The molecule has 6 N–H and O–H groups in total. The van der Waals surface area contributed by atoms with Crippen molar-refractivity contribution in [1.82, 2.24) is 16.0 Å². The van der Waals surface area contributed by atoms with Crippen molar-refractivity contribution in [3.63, 3.8) is 0 Å². The number of hydrogen-bond donors (Lipinski definition) is 5. The number of alkyl carbamates (subject to hydrolysis) is 1. The van der Waals surface area contributed by atoms with E-state index in [1.807, 2.05) is 51.1 Å². The summed E-state index contributed by atoms with van der Waals surface area (Å²) in [4.78, 5) is 63.2. The maximum atomic E-state index is 13.4. The van der Waals surface area contributed by atoms with Gasteiger partial charge in [0.2, 0.25) is 17.7 Å².